The van der Waals surface area contributed by atoms with Crippen molar-refractivity contribution in [2.24, 2.45) is 5.41 Å². The minimum atomic E-state index is -0.210. The molecule has 0 aliphatic carbocycles. The topological polar surface area (TPSA) is 20.2 Å². The Bertz CT molecular complexity index is 346. The molecule has 0 aliphatic heterocycles. The molecule has 0 saturated heterocycles. The highest BCUT2D eigenvalue weighted by Gasteiger charge is 2.22. The van der Waals surface area contributed by atoms with Crippen molar-refractivity contribution < 1.29 is 5.11 Å². The van der Waals surface area contributed by atoms with Crippen molar-refractivity contribution in [2.75, 3.05) is 0 Å². The van der Waals surface area contributed by atoms with Crippen LogP contribution in [-0.4, -0.2) is 11.2 Å². The van der Waals surface area contributed by atoms with Crippen LogP contribution in [0.15, 0.2) is 6.07 Å². The van der Waals surface area contributed by atoms with Gasteiger partial charge in [-0.1, -0.05) is 34.1 Å². The third-order valence-corrected chi connectivity index (χ3v) is 4.57. The van der Waals surface area contributed by atoms with Gasteiger partial charge in [0.05, 0.1) is 6.10 Å². The van der Waals surface area contributed by atoms with Gasteiger partial charge < -0.3 is 5.11 Å². The van der Waals surface area contributed by atoms with E-state index in [1.807, 2.05) is 11.3 Å². The number of thiophene rings is 1. The first kappa shape index (κ1) is 14.7. The highest BCUT2D eigenvalue weighted by molar-refractivity contribution is 7.12. The van der Waals surface area contributed by atoms with Crippen LogP contribution in [0.4, 0.5) is 0 Å². The van der Waals surface area contributed by atoms with E-state index in [4.69, 9.17) is 0 Å². The lowest BCUT2D eigenvalue weighted by Gasteiger charge is -2.25. The van der Waals surface area contributed by atoms with Gasteiger partial charge in [-0.15, -0.1) is 11.3 Å². The normalized spacial score (nSPS) is 14.0. The highest BCUT2D eigenvalue weighted by Crippen LogP contribution is 2.28. The summed E-state index contributed by atoms with van der Waals surface area (Å²) in [7, 11) is 0. The quantitative estimate of drug-likeness (QED) is 0.828. The van der Waals surface area contributed by atoms with Crippen LogP contribution in [0.1, 0.15) is 55.9 Å². The summed E-state index contributed by atoms with van der Waals surface area (Å²) in [6, 6.07) is 2.31. The maximum atomic E-state index is 10.1. The molecule has 1 unspecified atom stereocenters. The first-order valence-corrected chi connectivity index (χ1v) is 7.42. The van der Waals surface area contributed by atoms with E-state index in [0.717, 1.165) is 12.8 Å². The van der Waals surface area contributed by atoms with E-state index < -0.39 is 0 Å². The van der Waals surface area contributed by atoms with Crippen LogP contribution in [0.5, 0.6) is 0 Å². The van der Waals surface area contributed by atoms with E-state index in [-0.39, 0.29) is 11.5 Å². The minimum Gasteiger partial charge on any atom is -0.393 e. The fourth-order valence-electron chi connectivity index (χ4n) is 1.91. The van der Waals surface area contributed by atoms with Gasteiger partial charge in [-0.3, -0.25) is 0 Å². The van der Waals surface area contributed by atoms with Crippen LogP contribution < -0.4 is 0 Å². The van der Waals surface area contributed by atoms with E-state index in [2.05, 4.69) is 40.7 Å². The fraction of sp³-hybridized carbons (Fsp3) is 0.733. The van der Waals surface area contributed by atoms with E-state index >= 15 is 0 Å². The Labute approximate surface area is 110 Å². The minimum absolute atomic E-state index is 0.00257. The van der Waals surface area contributed by atoms with Gasteiger partial charge in [-0.2, -0.15) is 0 Å². The standard InChI is InChI=1S/C15H26OS/c1-6-7-12-10-11(2)13(17-12)8-9-14(16)15(3,4)5/h10,14,16H,6-9H2,1-5H3. The lowest BCUT2D eigenvalue weighted by atomic mass is 9.86. The summed E-state index contributed by atoms with van der Waals surface area (Å²) in [5.74, 6) is 0. The van der Waals surface area contributed by atoms with Gasteiger partial charge in [0.1, 0.15) is 0 Å². The average Bonchev–Trinajstić information content (AvgIpc) is 2.54. The highest BCUT2D eigenvalue weighted by atomic mass is 32.1. The monoisotopic (exact) mass is 254 g/mol. The number of hydrogen-bond acceptors (Lipinski definition) is 2. The lowest BCUT2D eigenvalue weighted by Crippen LogP contribution is -2.26. The fourth-order valence-corrected chi connectivity index (χ4v) is 3.21. The molecule has 0 saturated carbocycles. The van der Waals surface area contributed by atoms with Gasteiger partial charge in [0.25, 0.3) is 0 Å². The van der Waals surface area contributed by atoms with Gasteiger partial charge in [-0.25, -0.2) is 0 Å². The van der Waals surface area contributed by atoms with Crippen LogP contribution in [0.2, 0.25) is 0 Å². The largest absolute Gasteiger partial charge is 0.393 e. The second kappa shape index (κ2) is 6.01. The van der Waals surface area contributed by atoms with Crippen molar-refractivity contribution in [3.05, 3.63) is 21.4 Å². The molecule has 0 radical (unpaired) electrons. The van der Waals surface area contributed by atoms with Crippen LogP contribution in [-0.2, 0) is 12.8 Å². The van der Waals surface area contributed by atoms with Crippen LogP contribution in [0.3, 0.4) is 0 Å². The molecule has 1 heterocycles. The van der Waals surface area contributed by atoms with Crippen molar-refractivity contribution in [2.45, 2.75) is 66.4 Å². The smallest absolute Gasteiger partial charge is 0.0592 e. The Morgan fingerprint density at radius 3 is 2.47 bits per heavy atom. The number of aliphatic hydroxyl groups is 1. The molecular formula is C15H26OS. The molecule has 0 aromatic carbocycles. The van der Waals surface area contributed by atoms with Crippen molar-refractivity contribution in [1.29, 1.82) is 0 Å². The van der Waals surface area contributed by atoms with Gasteiger partial charge in [0.2, 0.25) is 0 Å². The number of rotatable bonds is 5. The maximum Gasteiger partial charge on any atom is 0.0592 e. The van der Waals surface area contributed by atoms with E-state index in [0.29, 0.717) is 0 Å². The predicted octanol–water partition coefficient (Wildman–Crippen LogP) is 4.35. The molecule has 0 bridgehead atoms. The summed E-state index contributed by atoms with van der Waals surface area (Å²) in [4.78, 5) is 2.95. The van der Waals surface area contributed by atoms with Crippen LogP contribution >= 0.6 is 11.3 Å². The first-order valence-electron chi connectivity index (χ1n) is 6.60. The number of aliphatic hydroxyl groups excluding tert-OH is 1. The van der Waals surface area contributed by atoms with E-state index in [1.165, 1.54) is 28.2 Å². The third kappa shape index (κ3) is 4.44. The van der Waals surface area contributed by atoms with Crippen molar-refractivity contribution in [1.82, 2.24) is 0 Å². The zero-order chi connectivity index (χ0) is 13.1. The molecule has 1 atom stereocenters. The molecule has 1 N–H and O–H groups in total. The Kier molecular flexibility index (Phi) is 5.21. The summed E-state index contributed by atoms with van der Waals surface area (Å²) in [5.41, 5.74) is 1.40. The molecule has 1 aromatic rings. The maximum absolute atomic E-state index is 10.1. The van der Waals surface area contributed by atoms with Gasteiger partial charge in [-0.05, 0) is 43.2 Å². The Balaban J connectivity index is 2.57. The lowest BCUT2D eigenvalue weighted by molar-refractivity contribution is 0.0561. The molecule has 98 valence electrons. The van der Waals surface area contributed by atoms with Crippen LogP contribution in [0, 0.1) is 12.3 Å². The summed E-state index contributed by atoms with van der Waals surface area (Å²) in [6.45, 7) is 10.7. The van der Waals surface area contributed by atoms with Crippen molar-refractivity contribution >= 4 is 11.3 Å². The SMILES string of the molecule is CCCc1cc(C)c(CCC(O)C(C)(C)C)s1. The molecule has 0 amide bonds. The summed E-state index contributed by atoms with van der Waals surface area (Å²) in [5, 5.41) is 10.1. The van der Waals surface area contributed by atoms with Crippen molar-refractivity contribution in [3.63, 3.8) is 0 Å². The zero-order valence-electron chi connectivity index (χ0n) is 11.8. The van der Waals surface area contributed by atoms with Gasteiger partial charge >= 0.3 is 0 Å². The molecule has 17 heavy (non-hydrogen) atoms. The first-order chi connectivity index (χ1) is 7.84. The Hall–Kier alpha value is -0.340. The molecule has 1 aromatic heterocycles. The molecule has 0 aliphatic rings. The van der Waals surface area contributed by atoms with E-state index in [1.54, 1.807) is 0 Å². The second-order valence-corrected chi connectivity index (χ2v) is 7.21. The van der Waals surface area contributed by atoms with Gasteiger partial charge in [0.15, 0.2) is 0 Å². The molecule has 1 rings (SSSR count). The zero-order valence-corrected chi connectivity index (χ0v) is 12.7. The summed E-state index contributed by atoms with van der Waals surface area (Å²) < 4.78 is 0. The molecule has 2 heteroatoms. The van der Waals surface area contributed by atoms with E-state index in [9.17, 15) is 5.11 Å². The number of hydrogen-bond donors (Lipinski definition) is 1. The second-order valence-electron chi connectivity index (χ2n) is 5.99. The Morgan fingerprint density at radius 1 is 1.29 bits per heavy atom. The molecular weight excluding hydrogens is 228 g/mol. The molecule has 0 fully saturated rings. The Morgan fingerprint density at radius 2 is 1.94 bits per heavy atom. The van der Waals surface area contributed by atoms with Crippen molar-refractivity contribution in [3.8, 4) is 0 Å². The third-order valence-electron chi connectivity index (χ3n) is 3.21. The molecule has 0 spiro atoms. The molecule has 1 nitrogen and oxygen atoms in total. The van der Waals surface area contributed by atoms with Crippen LogP contribution in [0.25, 0.3) is 0 Å². The average molecular weight is 254 g/mol. The predicted molar refractivity (Wildman–Crippen MR) is 76.8 cm³/mol. The summed E-state index contributed by atoms with van der Waals surface area (Å²) >= 11 is 1.93. The summed E-state index contributed by atoms with van der Waals surface area (Å²) in [6.07, 6.45) is 4.07. The number of aryl methyl sites for hydroxylation is 3. The van der Waals surface area contributed by atoms with Gasteiger partial charge in [0, 0.05) is 9.75 Å².